The van der Waals surface area contributed by atoms with Crippen molar-refractivity contribution in [2.24, 2.45) is 44.3 Å². The highest BCUT2D eigenvalue weighted by Gasteiger charge is 2.36. The number of fused-ring (bicyclic) bond motifs is 2. The lowest BCUT2D eigenvalue weighted by Gasteiger charge is -2.25. The molecule has 14 N–H and O–H groups in total. The highest BCUT2D eigenvalue weighted by Crippen LogP contribution is 2.24. The molecular formula is C93H133N11O26. The van der Waals surface area contributed by atoms with E-state index in [-0.39, 0.29) is 103 Å². The number of hydrogen-bond donors (Lipinski definition) is 14. The maximum Gasteiger partial charge on any atom is 0.328 e. The van der Waals surface area contributed by atoms with Gasteiger partial charge in [-0.3, -0.25) is 33.8 Å². The van der Waals surface area contributed by atoms with Gasteiger partial charge >= 0.3 is 11.9 Å². The second-order valence-electron chi connectivity index (χ2n) is 32.2. The number of ether oxygens (including phenoxy) is 6. The number of aromatic nitrogens is 3. The van der Waals surface area contributed by atoms with Crippen LogP contribution in [0, 0.1) is 23.7 Å². The third kappa shape index (κ3) is 37.3. The average Bonchev–Trinajstić information content (AvgIpc) is 1.68. The van der Waals surface area contributed by atoms with Crippen molar-refractivity contribution in [1.29, 1.82) is 0 Å². The van der Waals surface area contributed by atoms with Gasteiger partial charge in [0, 0.05) is 107 Å². The summed E-state index contributed by atoms with van der Waals surface area (Å²) in [6.45, 7) is 20.5. The van der Waals surface area contributed by atoms with Gasteiger partial charge in [-0.15, -0.1) is 0 Å². The number of aromatic amines is 2. The first kappa shape index (κ1) is 111. The van der Waals surface area contributed by atoms with Gasteiger partial charge in [-0.2, -0.15) is 0 Å². The Labute approximate surface area is 758 Å². The fourth-order valence-electron chi connectivity index (χ4n) is 13.3. The Kier molecular flexibility index (Phi) is 49.8. The van der Waals surface area contributed by atoms with Gasteiger partial charge in [-0.25, -0.2) is 9.59 Å². The Bertz CT molecular complexity index is 4600. The minimum Gasteiger partial charge on any atom is -0.467 e. The van der Waals surface area contributed by atoms with E-state index in [4.69, 9.17) is 43.0 Å². The van der Waals surface area contributed by atoms with E-state index in [1.165, 1.54) is 77.3 Å². The van der Waals surface area contributed by atoms with E-state index in [2.05, 4.69) is 61.6 Å². The Morgan fingerprint density at radius 1 is 0.362 bits per heavy atom. The molecule has 716 valence electrons. The zero-order valence-corrected chi connectivity index (χ0v) is 77.4. The van der Waals surface area contributed by atoms with Crippen LogP contribution in [-0.4, -0.2) is 292 Å². The van der Waals surface area contributed by atoms with Crippen LogP contribution in [0.2, 0.25) is 0 Å². The van der Waals surface area contributed by atoms with Gasteiger partial charge in [-0.1, -0.05) is 179 Å². The van der Waals surface area contributed by atoms with Gasteiger partial charge in [0.15, 0.2) is 38.0 Å². The number of H-pyrrole nitrogens is 2. The Morgan fingerprint density at radius 3 is 1.02 bits per heavy atom. The van der Waals surface area contributed by atoms with Crippen molar-refractivity contribution >= 4 is 91.8 Å². The summed E-state index contributed by atoms with van der Waals surface area (Å²) in [5.74, 6) is -4.27. The number of aliphatic hydroxyl groups excluding tert-OH is 8. The quantitative estimate of drug-likeness (QED) is 0.0134. The lowest BCUT2D eigenvalue weighted by atomic mass is 9.96. The zero-order valence-electron chi connectivity index (χ0n) is 77.4. The summed E-state index contributed by atoms with van der Waals surface area (Å²) < 4.78 is 31.1. The molecule has 0 aliphatic rings. The fourth-order valence-corrected chi connectivity index (χ4v) is 13.3. The molecular weight excluding hydrogens is 1690 g/mol. The number of para-hydroxylation sites is 2. The minimum absolute atomic E-state index is 0.0110. The number of ketones is 2. The number of pyridine rings is 1. The number of nitrogens with zero attached hydrogens (tertiary/aromatic N) is 5. The topological polar surface area (TPSA) is 533 Å². The van der Waals surface area contributed by atoms with Crippen LogP contribution in [0.4, 0.5) is 0 Å². The second kappa shape index (κ2) is 58.4. The van der Waals surface area contributed by atoms with E-state index in [1.54, 1.807) is 36.9 Å². The number of oxime groups is 4. The lowest BCUT2D eigenvalue weighted by molar-refractivity contribution is -0.145. The minimum atomic E-state index is -1.38. The number of amides is 4. The molecule has 37 heteroatoms. The number of Topliss-reactive ketones (excluding diaryl/α,β-unsaturated/α-hetero) is 2. The summed E-state index contributed by atoms with van der Waals surface area (Å²) in [6.07, 6.45) is -4.32. The highest BCUT2D eigenvalue weighted by atomic mass is 16.6. The molecule has 0 bridgehead atoms. The van der Waals surface area contributed by atoms with Crippen molar-refractivity contribution in [3.05, 3.63) is 174 Å². The number of rotatable bonds is 50. The van der Waals surface area contributed by atoms with Crippen molar-refractivity contribution in [3.8, 4) is 0 Å². The summed E-state index contributed by atoms with van der Waals surface area (Å²) in [4.78, 5) is 132. The predicted octanol–water partition coefficient (Wildman–Crippen LogP) is 5.10. The van der Waals surface area contributed by atoms with E-state index in [9.17, 15) is 79.2 Å². The second-order valence-corrected chi connectivity index (χ2v) is 32.2. The van der Waals surface area contributed by atoms with Gasteiger partial charge in [0.25, 0.3) is 11.8 Å². The van der Waals surface area contributed by atoms with Crippen molar-refractivity contribution in [2.75, 3.05) is 69.1 Å². The largest absolute Gasteiger partial charge is 0.467 e. The van der Waals surface area contributed by atoms with Gasteiger partial charge < -0.3 is 120 Å². The van der Waals surface area contributed by atoms with Crippen molar-refractivity contribution < 1.29 is 127 Å². The molecule has 7 rings (SSSR count). The number of carbonyl (C=O) groups is 8. The van der Waals surface area contributed by atoms with Gasteiger partial charge in [0.05, 0.1) is 38.6 Å². The van der Waals surface area contributed by atoms with E-state index in [0.717, 1.165) is 49.6 Å². The molecule has 3 aromatic heterocycles. The smallest absolute Gasteiger partial charge is 0.328 e. The van der Waals surface area contributed by atoms with E-state index in [0.29, 0.717) is 0 Å². The molecule has 0 saturated heterocycles. The first-order valence-electron chi connectivity index (χ1n) is 42.6. The number of benzene rings is 4. The number of carbonyl (C=O) groups excluding carboxylic acids is 8. The summed E-state index contributed by atoms with van der Waals surface area (Å²) in [7, 11) is 8.31. The molecule has 16 atom stereocenters. The molecule has 0 radical (unpaired) electrons. The number of methoxy groups -OCH3 is 6. The highest BCUT2D eigenvalue weighted by molar-refractivity contribution is 5.97. The molecule has 4 amide bonds. The maximum absolute atomic E-state index is 13.6. The van der Waals surface area contributed by atoms with Crippen molar-refractivity contribution in [1.82, 2.24) is 36.2 Å². The van der Waals surface area contributed by atoms with Crippen LogP contribution in [-0.2, 0) is 118 Å². The van der Waals surface area contributed by atoms with E-state index in [1.807, 2.05) is 165 Å². The van der Waals surface area contributed by atoms with Crippen LogP contribution in [0.1, 0.15) is 118 Å². The van der Waals surface area contributed by atoms with Crippen LogP contribution in [0.15, 0.2) is 167 Å². The summed E-state index contributed by atoms with van der Waals surface area (Å²) >= 11 is 0. The Hall–Kier alpha value is -11.3. The Balaban J connectivity index is 0.000000375. The monoisotopic (exact) mass is 1820 g/mol. The van der Waals surface area contributed by atoms with Crippen LogP contribution in [0.3, 0.4) is 0 Å². The van der Waals surface area contributed by atoms with Crippen molar-refractivity contribution in [2.45, 2.75) is 220 Å². The average molecular weight is 1820 g/mol. The SMILES string of the molecule is COC(=O)[C@@H](Cc1ccccc1)NC(=O)[C@H](Cc1c[nH]c2ccccc12)NC(=O)CO/N=C(/[C@@H](OC)C(C)C)[C@@H](O)[C@@H](C)O.COC(=O)[C@H](C)NC(=O)[C@H](Cc1c[nH]c2ccccc12)NC(=O)CO/N=C(/[C@@H](OC)C(C)C)[C@@H](O)[C@@H](C)O.CO[C@H](/C(=N/OCC(=O)Cc1ccccc1)[C@@H](O)[C@@H](C)O)C(C)C.CO[C@H](/C(=N/OCC(=O)Cc1cccnc1)[C@@H](O)[C@@H](C)O)C(C)C. The van der Waals surface area contributed by atoms with Gasteiger partial charge in [-0.05, 0) is 104 Å². The lowest BCUT2D eigenvalue weighted by Crippen LogP contribution is -2.53. The fraction of sp³-hybridized carbons (Fsp3) is 0.516. The molecule has 0 fully saturated rings. The van der Waals surface area contributed by atoms with Crippen LogP contribution >= 0.6 is 0 Å². The predicted molar refractivity (Wildman–Crippen MR) is 487 cm³/mol. The number of esters is 2. The molecule has 0 aliphatic heterocycles. The summed E-state index contributed by atoms with van der Waals surface area (Å²) in [5.41, 5.74) is 6.20. The number of aliphatic hydroxyl groups is 8. The molecule has 0 unspecified atom stereocenters. The van der Waals surface area contributed by atoms with Gasteiger partial charge in [0.2, 0.25) is 11.8 Å². The van der Waals surface area contributed by atoms with Gasteiger partial charge in [0.1, 0.15) is 95.8 Å². The van der Waals surface area contributed by atoms with Crippen LogP contribution < -0.4 is 21.3 Å². The Morgan fingerprint density at radius 2 is 0.685 bits per heavy atom. The molecule has 37 nitrogen and oxygen atoms in total. The van der Waals surface area contributed by atoms with E-state index >= 15 is 0 Å². The zero-order chi connectivity index (χ0) is 96.9. The third-order valence-electron chi connectivity index (χ3n) is 20.0. The maximum atomic E-state index is 13.6. The first-order valence-corrected chi connectivity index (χ1v) is 42.6. The standard InChI is InChI=1S/C32H42N4O8.C26H38N4O8.C18H27NO5.C17H26N2O5/c1-19(2)30(42-4)28(29(39)20(3)37)36-44-18-27(38)34-25(16-22-17-33-24-14-10-9-13-23(22)24)31(40)35-26(32(41)43-5)15-21-11-7-6-8-12-21;1-14(2)24(36-5)22(23(33)16(4)31)30-38-13-21(32)29-20(25(34)28-15(3)26(35)37-6)11-17-12-27-19-10-8-7-9-18(17)19;1-12(2)18(23-4)16(17(22)13(3)20)19-24-11-15(21)10-14-8-6-5-7-9-14;1-11(2)17(23-4)15(16(22)12(3)20)19-24-10-14(21)8-13-6-5-7-18-9-13/h6-14,17,19-20,25-26,29-30,33,37,39H,15-16,18H2,1-5H3,(H,34,38)(H,35,40);7-10,12,14-16,20,23-24,27,31,33H,11,13H2,1-6H3,(H,28,34)(H,29,32);5-9,12-13,17-18,20,22H,10-11H2,1-4H3;5-7,9,11-12,16-17,20,22H,8,10H2,1-4H3/b36-28+;30-22+;19-16+;19-15+/t20-,25+,26-,29+,30+;15-,16+,20-,23-,24-;13-,17+,18+;12-,16+,17+/m1011/s1. The summed E-state index contributed by atoms with van der Waals surface area (Å²) in [5, 5.41) is 108. The third-order valence-corrected chi connectivity index (χ3v) is 20.0. The molecule has 0 aliphatic carbocycles. The molecule has 3 heterocycles. The van der Waals surface area contributed by atoms with E-state index < -0.39 is 146 Å². The molecule has 130 heavy (non-hydrogen) atoms. The summed E-state index contributed by atoms with van der Waals surface area (Å²) in [6, 6.07) is 33.1. The molecule has 0 saturated carbocycles. The normalized spacial score (nSPS) is 15.7. The van der Waals surface area contributed by atoms with Crippen molar-refractivity contribution in [3.63, 3.8) is 0 Å². The molecule has 0 spiro atoms. The number of nitrogens with one attached hydrogen (secondary N) is 6. The van der Waals surface area contributed by atoms with Crippen LogP contribution in [0.5, 0.6) is 0 Å². The first-order chi connectivity index (χ1) is 61.8. The molecule has 4 aromatic carbocycles. The van der Waals surface area contributed by atoms with Crippen LogP contribution in [0.25, 0.3) is 21.8 Å². The number of hydrogen-bond acceptors (Lipinski definition) is 31. The molecule has 7 aromatic rings.